The molecule has 0 amide bonds. The van der Waals surface area contributed by atoms with Crippen molar-refractivity contribution in [2.75, 3.05) is 31.6 Å². The number of ether oxygens (including phenoxy) is 2. The molecular weight excluding hydrogens is 406 g/mol. The number of nitrogens with one attached hydrogen (secondary N) is 1. The molecular formula is C24H31N5O3. The van der Waals surface area contributed by atoms with Gasteiger partial charge in [-0.2, -0.15) is 5.10 Å². The van der Waals surface area contributed by atoms with E-state index >= 15 is 0 Å². The van der Waals surface area contributed by atoms with E-state index in [2.05, 4.69) is 21.4 Å². The van der Waals surface area contributed by atoms with Crippen molar-refractivity contribution in [1.29, 1.82) is 0 Å². The molecule has 170 valence electrons. The van der Waals surface area contributed by atoms with Crippen molar-refractivity contribution in [1.82, 2.24) is 19.7 Å². The van der Waals surface area contributed by atoms with Gasteiger partial charge in [0.1, 0.15) is 17.7 Å². The molecule has 32 heavy (non-hydrogen) atoms. The highest BCUT2D eigenvalue weighted by Crippen LogP contribution is 2.26. The third-order valence-corrected chi connectivity index (χ3v) is 5.62. The molecule has 3 heterocycles. The number of aliphatic hydroxyl groups excluding tert-OH is 1. The van der Waals surface area contributed by atoms with Gasteiger partial charge in [0.25, 0.3) is 0 Å². The summed E-state index contributed by atoms with van der Waals surface area (Å²) < 4.78 is 13.5. The summed E-state index contributed by atoms with van der Waals surface area (Å²) in [5.41, 5.74) is 3.94. The van der Waals surface area contributed by atoms with Crippen LogP contribution in [-0.2, 0) is 24.9 Å². The van der Waals surface area contributed by atoms with Crippen molar-refractivity contribution in [3.8, 4) is 5.75 Å². The Labute approximate surface area is 188 Å². The van der Waals surface area contributed by atoms with Gasteiger partial charge in [0.05, 0.1) is 25.5 Å². The number of hydrogen-bond donors (Lipinski definition) is 2. The summed E-state index contributed by atoms with van der Waals surface area (Å²) >= 11 is 0. The van der Waals surface area contributed by atoms with Gasteiger partial charge in [0.15, 0.2) is 5.82 Å². The van der Waals surface area contributed by atoms with E-state index in [4.69, 9.17) is 14.5 Å². The fourth-order valence-electron chi connectivity index (χ4n) is 3.89. The van der Waals surface area contributed by atoms with E-state index in [0.29, 0.717) is 13.2 Å². The van der Waals surface area contributed by atoms with E-state index in [1.807, 2.05) is 62.0 Å². The van der Waals surface area contributed by atoms with Gasteiger partial charge in [-0.1, -0.05) is 12.1 Å². The Hall–Kier alpha value is -2.94. The Morgan fingerprint density at radius 1 is 1.22 bits per heavy atom. The van der Waals surface area contributed by atoms with Crippen molar-refractivity contribution >= 4 is 11.6 Å². The molecule has 8 heteroatoms. The number of aliphatic hydroxyl groups is 1. The van der Waals surface area contributed by atoms with Gasteiger partial charge in [-0.3, -0.25) is 9.58 Å². The van der Waals surface area contributed by atoms with E-state index in [1.165, 1.54) is 0 Å². The molecule has 4 rings (SSSR count). The Morgan fingerprint density at radius 3 is 2.84 bits per heavy atom. The standard InChI is InChI=1S/C24H31N5O3/c1-4-31-21-9-8-18(13-19(21)16-30)14-29-10-11-32-22(15-29)20-6-5-7-23(25-20)26-24-12-17(2)28(3)27-24/h5-9,12-13,22,30H,4,10-11,14-16H2,1-3H3,(H,25,26,27)/t22-/m0/s1. The highest BCUT2D eigenvalue weighted by Gasteiger charge is 2.23. The Morgan fingerprint density at radius 2 is 2.09 bits per heavy atom. The molecule has 0 unspecified atom stereocenters. The zero-order valence-corrected chi connectivity index (χ0v) is 18.9. The average Bonchev–Trinajstić information content (AvgIpc) is 3.11. The second-order valence-electron chi connectivity index (χ2n) is 8.00. The second kappa shape index (κ2) is 10.1. The summed E-state index contributed by atoms with van der Waals surface area (Å²) in [6, 6.07) is 13.9. The highest BCUT2D eigenvalue weighted by molar-refractivity contribution is 5.52. The second-order valence-corrected chi connectivity index (χ2v) is 8.00. The number of hydrogen-bond acceptors (Lipinski definition) is 7. The van der Waals surface area contributed by atoms with Gasteiger partial charge >= 0.3 is 0 Å². The Kier molecular flexibility index (Phi) is 7.04. The molecule has 1 atom stereocenters. The van der Waals surface area contributed by atoms with E-state index in [1.54, 1.807) is 0 Å². The summed E-state index contributed by atoms with van der Waals surface area (Å²) in [4.78, 5) is 7.13. The maximum absolute atomic E-state index is 9.68. The van der Waals surface area contributed by atoms with Gasteiger partial charge < -0.3 is 19.9 Å². The minimum Gasteiger partial charge on any atom is -0.494 e. The van der Waals surface area contributed by atoms with Crippen LogP contribution in [0.3, 0.4) is 0 Å². The van der Waals surface area contributed by atoms with Crippen molar-refractivity contribution < 1.29 is 14.6 Å². The topological polar surface area (TPSA) is 84.7 Å². The minimum absolute atomic E-state index is 0.0333. The number of rotatable bonds is 8. The largest absolute Gasteiger partial charge is 0.494 e. The van der Waals surface area contributed by atoms with Gasteiger partial charge in [0.2, 0.25) is 0 Å². The molecule has 0 saturated carbocycles. The minimum atomic E-state index is -0.101. The lowest BCUT2D eigenvalue weighted by molar-refractivity contribution is -0.0349. The summed E-state index contributed by atoms with van der Waals surface area (Å²) in [5, 5.41) is 17.4. The molecule has 0 radical (unpaired) electrons. The first-order valence-electron chi connectivity index (χ1n) is 11.0. The van der Waals surface area contributed by atoms with Crippen LogP contribution in [0.2, 0.25) is 0 Å². The zero-order chi connectivity index (χ0) is 22.5. The molecule has 1 fully saturated rings. The van der Waals surface area contributed by atoms with Crippen LogP contribution in [0.15, 0.2) is 42.5 Å². The fourth-order valence-corrected chi connectivity index (χ4v) is 3.89. The number of aryl methyl sites for hydroxylation is 2. The lowest BCUT2D eigenvalue weighted by Gasteiger charge is -2.33. The number of nitrogens with zero attached hydrogens (tertiary/aromatic N) is 4. The van der Waals surface area contributed by atoms with Gasteiger partial charge in [-0.15, -0.1) is 0 Å². The number of benzene rings is 1. The molecule has 0 bridgehead atoms. The Balaban J connectivity index is 1.43. The lowest BCUT2D eigenvalue weighted by Crippen LogP contribution is -2.38. The number of morpholine rings is 1. The first-order valence-corrected chi connectivity index (χ1v) is 11.0. The average molecular weight is 438 g/mol. The lowest BCUT2D eigenvalue weighted by atomic mass is 10.1. The smallest absolute Gasteiger partial charge is 0.153 e. The van der Waals surface area contributed by atoms with E-state index < -0.39 is 0 Å². The highest BCUT2D eigenvalue weighted by atomic mass is 16.5. The van der Waals surface area contributed by atoms with Crippen LogP contribution in [0.1, 0.15) is 35.5 Å². The molecule has 2 N–H and O–H groups in total. The van der Waals surface area contributed by atoms with Crippen LogP contribution in [0.4, 0.5) is 11.6 Å². The molecule has 0 aliphatic carbocycles. The predicted molar refractivity (Wildman–Crippen MR) is 123 cm³/mol. The Bertz CT molecular complexity index is 1030. The molecule has 1 saturated heterocycles. The normalized spacial score (nSPS) is 16.8. The van der Waals surface area contributed by atoms with E-state index in [9.17, 15) is 5.11 Å². The van der Waals surface area contributed by atoms with Gasteiger partial charge in [-0.25, -0.2) is 4.98 Å². The third-order valence-electron chi connectivity index (χ3n) is 5.62. The van der Waals surface area contributed by atoms with Crippen molar-refractivity contribution in [3.05, 3.63) is 65.0 Å². The van der Waals surface area contributed by atoms with Gasteiger partial charge in [-0.05, 0) is 43.7 Å². The number of pyridine rings is 1. The summed E-state index contributed by atoms with van der Waals surface area (Å²) in [5.74, 6) is 2.27. The molecule has 3 aromatic rings. The monoisotopic (exact) mass is 437 g/mol. The SMILES string of the molecule is CCOc1ccc(CN2CCO[C@H](c3cccc(Nc4cc(C)n(C)n4)n3)C2)cc1CO. The molecule has 2 aromatic heterocycles. The van der Waals surface area contributed by atoms with Crippen LogP contribution >= 0.6 is 0 Å². The molecule has 1 aliphatic rings. The third kappa shape index (κ3) is 5.27. The molecule has 1 aromatic carbocycles. The zero-order valence-electron chi connectivity index (χ0n) is 18.9. The van der Waals surface area contributed by atoms with Crippen LogP contribution in [0.5, 0.6) is 5.75 Å². The van der Waals surface area contributed by atoms with Crippen molar-refractivity contribution in [3.63, 3.8) is 0 Å². The van der Waals surface area contributed by atoms with Crippen LogP contribution in [0.25, 0.3) is 0 Å². The molecule has 1 aliphatic heterocycles. The predicted octanol–water partition coefficient (Wildman–Crippen LogP) is 3.33. The van der Waals surface area contributed by atoms with Crippen molar-refractivity contribution in [2.45, 2.75) is 33.1 Å². The first-order chi connectivity index (χ1) is 15.6. The maximum Gasteiger partial charge on any atom is 0.153 e. The molecule has 8 nitrogen and oxygen atoms in total. The van der Waals surface area contributed by atoms with Crippen LogP contribution in [0, 0.1) is 6.92 Å². The number of anilines is 2. The summed E-state index contributed by atoms with van der Waals surface area (Å²) in [6.07, 6.45) is -0.101. The fraction of sp³-hybridized carbons (Fsp3) is 0.417. The quantitative estimate of drug-likeness (QED) is 0.559. The van der Waals surface area contributed by atoms with Crippen molar-refractivity contribution in [2.24, 2.45) is 7.05 Å². The summed E-state index contributed by atoms with van der Waals surface area (Å²) in [6.45, 7) is 7.54. The first kappa shape index (κ1) is 22.3. The molecule has 0 spiro atoms. The van der Waals surface area contributed by atoms with E-state index in [-0.39, 0.29) is 12.7 Å². The van der Waals surface area contributed by atoms with Crippen LogP contribution in [-0.4, -0.2) is 51.1 Å². The van der Waals surface area contributed by atoms with Crippen LogP contribution < -0.4 is 10.1 Å². The van der Waals surface area contributed by atoms with E-state index in [0.717, 1.165) is 59.5 Å². The summed E-state index contributed by atoms with van der Waals surface area (Å²) in [7, 11) is 1.92. The number of aromatic nitrogens is 3. The van der Waals surface area contributed by atoms with Gasteiger partial charge in [0, 0.05) is 44.0 Å². The maximum atomic E-state index is 9.68.